The fourth-order valence-corrected chi connectivity index (χ4v) is 2.46. The van der Waals surface area contributed by atoms with Crippen LogP contribution in [0.1, 0.15) is 31.4 Å². The molecule has 132 valence electrons. The molecule has 8 heteroatoms. The van der Waals surface area contributed by atoms with Crippen molar-refractivity contribution in [2.45, 2.75) is 25.8 Å². The molecule has 0 spiro atoms. The zero-order valence-electron chi connectivity index (χ0n) is 13.2. The van der Waals surface area contributed by atoms with Crippen LogP contribution in [0.2, 0.25) is 10.0 Å². The van der Waals surface area contributed by atoms with Crippen molar-refractivity contribution in [1.29, 1.82) is 0 Å². The van der Waals surface area contributed by atoms with Crippen LogP contribution < -0.4 is 11.1 Å². The van der Waals surface area contributed by atoms with Crippen molar-refractivity contribution in [3.63, 3.8) is 0 Å². The first-order valence-electron chi connectivity index (χ1n) is 7.39. The van der Waals surface area contributed by atoms with Crippen molar-refractivity contribution in [2.24, 2.45) is 5.73 Å². The molecule has 0 amide bonds. The van der Waals surface area contributed by atoms with Crippen LogP contribution in [0.15, 0.2) is 30.0 Å². The number of halogens is 2. The van der Waals surface area contributed by atoms with Gasteiger partial charge < -0.3 is 20.9 Å². The molecule has 0 saturated carbocycles. The number of carboxylic acids is 1. The molecule has 1 atom stereocenters. The molecule has 0 heterocycles. The van der Waals surface area contributed by atoms with Crippen LogP contribution in [-0.4, -0.2) is 30.2 Å². The number of esters is 1. The second-order valence-corrected chi connectivity index (χ2v) is 5.76. The maximum absolute atomic E-state index is 12.1. The maximum Gasteiger partial charge on any atom is 0.337 e. The molecule has 0 aromatic heterocycles. The van der Waals surface area contributed by atoms with Gasteiger partial charge in [0.15, 0.2) is 0 Å². The van der Waals surface area contributed by atoms with E-state index in [1.165, 1.54) is 6.20 Å². The molecule has 0 aliphatic carbocycles. The Labute approximate surface area is 150 Å². The highest BCUT2D eigenvalue weighted by Gasteiger charge is 2.22. The van der Waals surface area contributed by atoms with Gasteiger partial charge in [-0.2, -0.15) is 0 Å². The van der Waals surface area contributed by atoms with E-state index >= 15 is 0 Å². The molecule has 1 rings (SSSR count). The summed E-state index contributed by atoms with van der Waals surface area (Å²) >= 11 is 12.0. The van der Waals surface area contributed by atoms with Gasteiger partial charge in [-0.05, 0) is 31.0 Å². The lowest BCUT2D eigenvalue weighted by Gasteiger charge is -2.17. The van der Waals surface area contributed by atoms with Crippen molar-refractivity contribution in [3.8, 4) is 0 Å². The topological polar surface area (TPSA) is 102 Å². The van der Waals surface area contributed by atoms with E-state index in [0.717, 1.165) is 0 Å². The number of nitrogens with two attached hydrogens (primary N) is 1. The Morgan fingerprint density at radius 2 is 2.12 bits per heavy atom. The molecular weight excluding hydrogens is 355 g/mol. The van der Waals surface area contributed by atoms with Gasteiger partial charge in [-0.3, -0.25) is 4.79 Å². The number of hydrogen-bond donors (Lipinski definition) is 3. The summed E-state index contributed by atoms with van der Waals surface area (Å²) in [7, 11) is 0. The molecule has 0 fully saturated rings. The maximum atomic E-state index is 12.1. The summed E-state index contributed by atoms with van der Waals surface area (Å²) in [5.74, 6) is -1.45. The van der Waals surface area contributed by atoms with E-state index in [1.807, 2.05) is 0 Å². The van der Waals surface area contributed by atoms with E-state index in [9.17, 15) is 9.59 Å². The van der Waals surface area contributed by atoms with Crippen LogP contribution >= 0.6 is 23.2 Å². The van der Waals surface area contributed by atoms with E-state index < -0.39 is 18.0 Å². The lowest BCUT2D eigenvalue weighted by Crippen LogP contribution is -2.24. The zero-order chi connectivity index (χ0) is 18.1. The van der Waals surface area contributed by atoms with E-state index in [2.05, 4.69) is 5.32 Å². The minimum atomic E-state index is -0.879. The summed E-state index contributed by atoms with van der Waals surface area (Å²) in [6.07, 6.45) is 1.89. The fourth-order valence-electron chi connectivity index (χ4n) is 1.94. The zero-order valence-corrected chi connectivity index (χ0v) is 14.7. The van der Waals surface area contributed by atoms with Crippen LogP contribution in [0.3, 0.4) is 0 Å². The molecule has 0 bridgehead atoms. The minimum absolute atomic E-state index is 0.0324. The van der Waals surface area contributed by atoms with E-state index in [4.69, 9.17) is 38.8 Å². The molecule has 0 saturated heterocycles. The summed E-state index contributed by atoms with van der Waals surface area (Å²) < 4.78 is 5.02. The van der Waals surface area contributed by atoms with E-state index in [-0.39, 0.29) is 18.6 Å². The van der Waals surface area contributed by atoms with Crippen molar-refractivity contribution >= 4 is 35.1 Å². The number of ether oxygens (including phenoxy) is 1. The quantitative estimate of drug-likeness (QED) is 0.349. The number of rotatable bonds is 9. The third-order valence-electron chi connectivity index (χ3n) is 3.11. The molecule has 0 aliphatic rings. The minimum Gasteiger partial charge on any atom is -0.481 e. The molecule has 24 heavy (non-hydrogen) atoms. The molecule has 4 N–H and O–H groups in total. The van der Waals surface area contributed by atoms with Gasteiger partial charge in [0.25, 0.3) is 0 Å². The Hall–Kier alpha value is -1.76. The highest BCUT2D eigenvalue weighted by Crippen LogP contribution is 2.29. The van der Waals surface area contributed by atoms with Gasteiger partial charge >= 0.3 is 11.9 Å². The van der Waals surface area contributed by atoms with Gasteiger partial charge in [0.05, 0.1) is 18.2 Å². The van der Waals surface area contributed by atoms with Crippen molar-refractivity contribution in [2.75, 3.05) is 13.2 Å². The van der Waals surface area contributed by atoms with Crippen LogP contribution in [-0.2, 0) is 14.3 Å². The summed E-state index contributed by atoms with van der Waals surface area (Å²) in [4.78, 5) is 22.6. The SMILES string of the molecule is CCOC(=O)/C(=C/NCCCC(=O)O)C(N)c1ccc(Cl)cc1Cl. The van der Waals surface area contributed by atoms with Crippen molar-refractivity contribution in [3.05, 3.63) is 45.6 Å². The average molecular weight is 375 g/mol. The average Bonchev–Trinajstić information content (AvgIpc) is 2.50. The number of carboxylic acid groups (broad SMARTS) is 1. The summed E-state index contributed by atoms with van der Waals surface area (Å²) in [6.45, 7) is 2.28. The van der Waals surface area contributed by atoms with Gasteiger partial charge in [-0.15, -0.1) is 0 Å². The first kappa shape index (κ1) is 20.3. The number of aliphatic carboxylic acids is 1. The van der Waals surface area contributed by atoms with Gasteiger partial charge in [0, 0.05) is 29.2 Å². The largest absolute Gasteiger partial charge is 0.481 e. The van der Waals surface area contributed by atoms with Crippen LogP contribution in [0.5, 0.6) is 0 Å². The van der Waals surface area contributed by atoms with E-state index in [1.54, 1.807) is 25.1 Å². The van der Waals surface area contributed by atoms with Gasteiger partial charge in [-0.25, -0.2) is 4.79 Å². The molecule has 6 nitrogen and oxygen atoms in total. The second-order valence-electron chi connectivity index (χ2n) is 4.92. The Morgan fingerprint density at radius 3 is 2.71 bits per heavy atom. The van der Waals surface area contributed by atoms with Crippen LogP contribution in [0, 0.1) is 0 Å². The molecular formula is C16H20Cl2N2O4. The van der Waals surface area contributed by atoms with Crippen molar-refractivity contribution in [1.82, 2.24) is 5.32 Å². The third kappa shape index (κ3) is 6.39. The lowest BCUT2D eigenvalue weighted by molar-refractivity contribution is -0.139. The van der Waals surface area contributed by atoms with Gasteiger partial charge in [0.2, 0.25) is 0 Å². The Balaban J connectivity index is 2.91. The predicted molar refractivity (Wildman–Crippen MR) is 93.0 cm³/mol. The summed E-state index contributed by atoms with van der Waals surface area (Å²) in [6, 6.07) is 4.01. The summed E-state index contributed by atoms with van der Waals surface area (Å²) in [5, 5.41) is 12.3. The highest BCUT2D eigenvalue weighted by atomic mass is 35.5. The molecule has 1 aromatic rings. The molecule has 1 aromatic carbocycles. The fraction of sp³-hybridized carbons (Fsp3) is 0.375. The predicted octanol–water partition coefficient (Wildman–Crippen LogP) is 2.89. The number of benzene rings is 1. The van der Waals surface area contributed by atoms with Crippen molar-refractivity contribution < 1.29 is 19.4 Å². The van der Waals surface area contributed by atoms with Gasteiger partial charge in [-0.1, -0.05) is 29.3 Å². The Bertz CT molecular complexity index is 620. The second kappa shape index (κ2) is 10.2. The Morgan fingerprint density at radius 1 is 1.42 bits per heavy atom. The monoisotopic (exact) mass is 374 g/mol. The normalized spacial score (nSPS) is 12.6. The summed E-state index contributed by atoms with van der Waals surface area (Å²) in [5.41, 5.74) is 6.88. The first-order chi connectivity index (χ1) is 11.4. The highest BCUT2D eigenvalue weighted by molar-refractivity contribution is 6.35. The third-order valence-corrected chi connectivity index (χ3v) is 3.68. The Kier molecular flexibility index (Phi) is 8.60. The standard InChI is InChI=1S/C16H20Cl2N2O4/c1-2-24-16(23)12(9-20-7-3-4-14(21)22)15(19)11-6-5-10(17)8-13(11)18/h5-6,8-9,15,20H,2-4,7,19H2,1H3,(H,21,22)/b12-9+. The van der Waals surface area contributed by atoms with E-state index in [0.29, 0.717) is 28.6 Å². The first-order valence-corrected chi connectivity index (χ1v) is 8.15. The molecule has 1 unspecified atom stereocenters. The number of nitrogens with one attached hydrogen (secondary N) is 1. The number of carbonyl (C=O) groups excluding carboxylic acids is 1. The molecule has 0 aliphatic heterocycles. The number of hydrogen-bond acceptors (Lipinski definition) is 5. The van der Waals surface area contributed by atoms with Crippen LogP contribution in [0.25, 0.3) is 0 Å². The number of carbonyl (C=O) groups is 2. The van der Waals surface area contributed by atoms with Gasteiger partial charge in [0.1, 0.15) is 0 Å². The van der Waals surface area contributed by atoms with Crippen LogP contribution in [0.4, 0.5) is 0 Å². The molecule has 0 radical (unpaired) electrons. The smallest absolute Gasteiger partial charge is 0.337 e. The lowest BCUT2D eigenvalue weighted by atomic mass is 10.00.